The van der Waals surface area contributed by atoms with E-state index in [2.05, 4.69) is 17.2 Å². The highest BCUT2D eigenvalue weighted by atomic mass is 32.2. The molecule has 1 heterocycles. The summed E-state index contributed by atoms with van der Waals surface area (Å²) in [6, 6.07) is 13.4. The molecule has 1 amide bonds. The van der Waals surface area contributed by atoms with Crippen molar-refractivity contribution >= 4 is 44.4 Å². The Morgan fingerprint density at radius 3 is 2.92 bits per heavy atom. The Kier molecular flexibility index (Phi) is 5.37. The molecule has 1 aromatic heterocycles. The van der Waals surface area contributed by atoms with E-state index in [1.807, 2.05) is 49.4 Å². The van der Waals surface area contributed by atoms with Crippen LogP contribution < -0.4 is 10.1 Å². The Morgan fingerprint density at radius 2 is 2.12 bits per heavy atom. The molecule has 1 N–H and O–H groups in total. The summed E-state index contributed by atoms with van der Waals surface area (Å²) in [5.41, 5.74) is 1.50. The maximum absolute atomic E-state index is 12.4. The van der Waals surface area contributed by atoms with Gasteiger partial charge in [0, 0.05) is 10.5 Å². The number of benzene rings is 2. The predicted molar refractivity (Wildman–Crippen MR) is 102 cm³/mol. The molecule has 0 saturated carbocycles. The molecule has 0 fully saturated rings. The number of amides is 1. The van der Waals surface area contributed by atoms with E-state index in [0.717, 1.165) is 26.6 Å². The van der Waals surface area contributed by atoms with Crippen molar-refractivity contribution in [2.45, 2.75) is 18.7 Å². The van der Waals surface area contributed by atoms with E-state index in [0.29, 0.717) is 17.3 Å². The number of nitrogens with zero attached hydrogens (tertiary/aromatic N) is 1. The van der Waals surface area contributed by atoms with Gasteiger partial charge in [-0.05, 0) is 49.1 Å². The molecule has 0 spiro atoms. The number of ether oxygens (including phenoxy) is 1. The minimum atomic E-state index is -0.141. The van der Waals surface area contributed by atoms with Crippen LogP contribution in [0, 0.1) is 0 Å². The third-order valence-electron chi connectivity index (χ3n) is 3.30. The number of thiazole rings is 1. The van der Waals surface area contributed by atoms with Crippen LogP contribution in [-0.4, -0.2) is 23.3 Å². The molecular weight excluding hydrogens is 340 g/mol. The molecule has 0 radical (unpaired) electrons. The van der Waals surface area contributed by atoms with Gasteiger partial charge in [-0.25, -0.2) is 4.98 Å². The van der Waals surface area contributed by atoms with Crippen molar-refractivity contribution in [2.24, 2.45) is 0 Å². The fourth-order valence-corrected chi connectivity index (χ4v) is 3.89. The van der Waals surface area contributed by atoms with Crippen molar-refractivity contribution in [3.05, 3.63) is 48.0 Å². The standard InChI is InChI=1S/C18H18N2O2S2/c1-3-22-13-8-9-15-16(11-13)24-18(19-15)20-17(21)12-6-5-7-14(10-12)23-4-2/h5-11H,3-4H2,1-2H3,(H,19,20,21). The van der Waals surface area contributed by atoms with Crippen LogP contribution in [0.2, 0.25) is 0 Å². The van der Waals surface area contributed by atoms with Crippen LogP contribution in [0.3, 0.4) is 0 Å². The van der Waals surface area contributed by atoms with Crippen LogP contribution in [0.15, 0.2) is 47.4 Å². The summed E-state index contributed by atoms with van der Waals surface area (Å²) in [5, 5.41) is 3.48. The fraction of sp³-hybridized carbons (Fsp3) is 0.222. The van der Waals surface area contributed by atoms with Crippen LogP contribution in [0.1, 0.15) is 24.2 Å². The van der Waals surface area contributed by atoms with Gasteiger partial charge in [0.25, 0.3) is 5.91 Å². The predicted octanol–water partition coefficient (Wildman–Crippen LogP) is 5.06. The van der Waals surface area contributed by atoms with Gasteiger partial charge in [0.2, 0.25) is 0 Å². The molecule has 4 nitrogen and oxygen atoms in total. The van der Waals surface area contributed by atoms with Crippen LogP contribution in [0.25, 0.3) is 10.2 Å². The maximum Gasteiger partial charge on any atom is 0.257 e. The highest BCUT2D eigenvalue weighted by Gasteiger charge is 2.11. The number of thioether (sulfide) groups is 1. The van der Waals surface area contributed by atoms with Crippen LogP contribution in [0.5, 0.6) is 5.75 Å². The molecule has 3 aromatic rings. The highest BCUT2D eigenvalue weighted by Crippen LogP contribution is 2.29. The molecule has 24 heavy (non-hydrogen) atoms. The number of hydrogen-bond acceptors (Lipinski definition) is 5. The van der Waals surface area contributed by atoms with E-state index in [4.69, 9.17) is 4.74 Å². The number of anilines is 1. The van der Waals surface area contributed by atoms with Gasteiger partial charge in [0.15, 0.2) is 5.13 Å². The summed E-state index contributed by atoms with van der Waals surface area (Å²) in [5.74, 6) is 1.65. The zero-order chi connectivity index (χ0) is 16.9. The van der Waals surface area contributed by atoms with Crippen molar-refractivity contribution in [1.82, 2.24) is 4.98 Å². The summed E-state index contributed by atoms with van der Waals surface area (Å²) in [7, 11) is 0. The van der Waals surface area contributed by atoms with Crippen molar-refractivity contribution < 1.29 is 9.53 Å². The van der Waals surface area contributed by atoms with Gasteiger partial charge >= 0.3 is 0 Å². The van der Waals surface area contributed by atoms with Crippen molar-refractivity contribution in [2.75, 3.05) is 17.7 Å². The topological polar surface area (TPSA) is 51.2 Å². The molecule has 0 aliphatic carbocycles. The Hall–Kier alpha value is -2.05. The molecule has 2 aromatic carbocycles. The minimum Gasteiger partial charge on any atom is -0.494 e. The molecule has 3 rings (SSSR count). The quantitative estimate of drug-likeness (QED) is 0.626. The highest BCUT2D eigenvalue weighted by molar-refractivity contribution is 7.99. The average molecular weight is 358 g/mol. The largest absolute Gasteiger partial charge is 0.494 e. The number of hydrogen-bond donors (Lipinski definition) is 1. The normalized spacial score (nSPS) is 10.8. The number of rotatable bonds is 6. The van der Waals surface area contributed by atoms with Gasteiger partial charge in [-0.2, -0.15) is 0 Å². The van der Waals surface area contributed by atoms with E-state index in [1.54, 1.807) is 11.8 Å². The third kappa shape index (κ3) is 3.88. The van der Waals surface area contributed by atoms with E-state index >= 15 is 0 Å². The SMILES string of the molecule is CCOc1ccc2nc(NC(=O)c3cccc(SCC)c3)sc2c1. The lowest BCUT2D eigenvalue weighted by Crippen LogP contribution is -2.11. The van der Waals surface area contributed by atoms with Crippen LogP contribution in [0.4, 0.5) is 5.13 Å². The van der Waals surface area contributed by atoms with Gasteiger partial charge in [-0.3, -0.25) is 10.1 Å². The smallest absolute Gasteiger partial charge is 0.257 e. The van der Waals surface area contributed by atoms with E-state index < -0.39 is 0 Å². The monoisotopic (exact) mass is 358 g/mol. The van der Waals surface area contributed by atoms with Crippen molar-refractivity contribution in [3.8, 4) is 5.75 Å². The van der Waals surface area contributed by atoms with Gasteiger partial charge in [-0.15, -0.1) is 11.8 Å². The number of carbonyl (C=O) groups is 1. The maximum atomic E-state index is 12.4. The van der Waals surface area contributed by atoms with Crippen molar-refractivity contribution in [3.63, 3.8) is 0 Å². The lowest BCUT2D eigenvalue weighted by molar-refractivity contribution is 0.102. The zero-order valence-corrected chi connectivity index (χ0v) is 15.2. The molecule has 0 saturated heterocycles. The lowest BCUT2D eigenvalue weighted by Gasteiger charge is -2.04. The first kappa shape index (κ1) is 16.8. The average Bonchev–Trinajstić information content (AvgIpc) is 2.97. The summed E-state index contributed by atoms with van der Waals surface area (Å²) in [6.45, 7) is 4.67. The Labute approximate surface area is 149 Å². The third-order valence-corrected chi connectivity index (χ3v) is 5.11. The van der Waals surface area contributed by atoms with E-state index in [9.17, 15) is 4.79 Å². The second-order valence-corrected chi connectivity index (χ2v) is 7.36. The molecular formula is C18H18N2O2S2. The summed E-state index contributed by atoms with van der Waals surface area (Å²) >= 11 is 3.16. The Bertz CT molecular complexity index is 861. The second kappa shape index (κ2) is 7.68. The lowest BCUT2D eigenvalue weighted by atomic mass is 10.2. The molecule has 0 aliphatic rings. The number of carbonyl (C=O) groups excluding carboxylic acids is 1. The second-order valence-electron chi connectivity index (χ2n) is 5.00. The minimum absolute atomic E-state index is 0.141. The van der Waals surface area contributed by atoms with Gasteiger partial charge in [-0.1, -0.05) is 24.3 Å². The van der Waals surface area contributed by atoms with Gasteiger partial charge in [0.05, 0.1) is 16.8 Å². The van der Waals surface area contributed by atoms with Gasteiger partial charge < -0.3 is 4.74 Å². The van der Waals surface area contributed by atoms with Crippen LogP contribution >= 0.6 is 23.1 Å². The fourth-order valence-electron chi connectivity index (χ4n) is 2.28. The van der Waals surface area contributed by atoms with Crippen molar-refractivity contribution in [1.29, 1.82) is 0 Å². The summed E-state index contributed by atoms with van der Waals surface area (Å²) in [6.07, 6.45) is 0. The molecule has 0 atom stereocenters. The Balaban J connectivity index is 1.78. The zero-order valence-electron chi connectivity index (χ0n) is 13.5. The van der Waals surface area contributed by atoms with Crippen LogP contribution in [-0.2, 0) is 0 Å². The first-order chi connectivity index (χ1) is 11.7. The number of nitrogens with one attached hydrogen (secondary N) is 1. The molecule has 6 heteroatoms. The molecule has 0 bridgehead atoms. The Morgan fingerprint density at radius 1 is 1.25 bits per heavy atom. The number of aromatic nitrogens is 1. The molecule has 124 valence electrons. The first-order valence-electron chi connectivity index (χ1n) is 7.77. The molecule has 0 aliphatic heterocycles. The van der Waals surface area contributed by atoms with E-state index in [-0.39, 0.29) is 5.91 Å². The van der Waals surface area contributed by atoms with Gasteiger partial charge in [0.1, 0.15) is 5.75 Å². The molecule has 0 unspecified atom stereocenters. The van der Waals surface area contributed by atoms with E-state index in [1.165, 1.54) is 11.3 Å². The summed E-state index contributed by atoms with van der Waals surface area (Å²) < 4.78 is 6.49. The first-order valence-corrected chi connectivity index (χ1v) is 9.57. The summed E-state index contributed by atoms with van der Waals surface area (Å²) in [4.78, 5) is 18.0. The number of fused-ring (bicyclic) bond motifs is 1.